The SMILES string of the molecule is CC(Cc1ccncc1)NC(=O)N1CCC(CCC(=O)O)CC1. The highest BCUT2D eigenvalue weighted by atomic mass is 16.4. The summed E-state index contributed by atoms with van der Waals surface area (Å²) in [7, 11) is 0. The van der Waals surface area contributed by atoms with E-state index in [2.05, 4.69) is 10.3 Å². The fraction of sp³-hybridized carbons (Fsp3) is 0.588. The van der Waals surface area contributed by atoms with Crippen molar-refractivity contribution in [2.45, 2.75) is 45.1 Å². The number of amides is 2. The number of pyridine rings is 1. The van der Waals surface area contributed by atoms with Crippen molar-refractivity contribution in [2.75, 3.05) is 13.1 Å². The fourth-order valence-electron chi connectivity index (χ4n) is 2.98. The summed E-state index contributed by atoms with van der Waals surface area (Å²) in [6, 6.07) is 3.95. The van der Waals surface area contributed by atoms with Crippen LogP contribution < -0.4 is 5.32 Å². The standard InChI is InChI=1S/C17H25N3O3/c1-13(12-15-4-8-18-9-5-15)19-17(23)20-10-6-14(7-11-20)2-3-16(21)22/h4-5,8-9,13-14H,2-3,6-7,10-12H2,1H3,(H,19,23)(H,21,22). The van der Waals surface area contributed by atoms with Crippen molar-refractivity contribution in [2.24, 2.45) is 5.92 Å². The van der Waals surface area contributed by atoms with Crippen molar-refractivity contribution < 1.29 is 14.7 Å². The lowest BCUT2D eigenvalue weighted by atomic mass is 9.92. The molecule has 1 aliphatic rings. The Kier molecular flexibility index (Phi) is 6.38. The van der Waals surface area contributed by atoms with Crippen LogP contribution in [0.4, 0.5) is 4.79 Å². The summed E-state index contributed by atoms with van der Waals surface area (Å²) >= 11 is 0. The number of rotatable bonds is 6. The van der Waals surface area contributed by atoms with Gasteiger partial charge in [-0.05, 0) is 56.2 Å². The van der Waals surface area contributed by atoms with E-state index in [-0.39, 0.29) is 18.5 Å². The third kappa shape index (κ3) is 5.88. The predicted molar refractivity (Wildman–Crippen MR) is 87.1 cm³/mol. The summed E-state index contributed by atoms with van der Waals surface area (Å²) in [4.78, 5) is 28.7. The Balaban J connectivity index is 1.71. The highest BCUT2D eigenvalue weighted by Gasteiger charge is 2.23. The lowest BCUT2D eigenvalue weighted by Crippen LogP contribution is -2.47. The number of piperidine rings is 1. The Hall–Kier alpha value is -2.11. The minimum Gasteiger partial charge on any atom is -0.481 e. The summed E-state index contributed by atoms with van der Waals surface area (Å²) in [5.74, 6) is -0.320. The van der Waals surface area contributed by atoms with Crippen LogP contribution in [0.2, 0.25) is 0 Å². The molecule has 2 N–H and O–H groups in total. The zero-order valence-electron chi connectivity index (χ0n) is 13.6. The van der Waals surface area contributed by atoms with Crippen LogP contribution >= 0.6 is 0 Å². The smallest absolute Gasteiger partial charge is 0.317 e. The van der Waals surface area contributed by atoms with Crippen LogP contribution in [0, 0.1) is 5.92 Å². The van der Waals surface area contributed by atoms with E-state index >= 15 is 0 Å². The summed E-state index contributed by atoms with van der Waals surface area (Å²) in [6.45, 7) is 3.41. The third-order valence-corrected chi connectivity index (χ3v) is 4.33. The molecule has 0 bridgehead atoms. The Morgan fingerprint density at radius 1 is 1.35 bits per heavy atom. The van der Waals surface area contributed by atoms with Crippen LogP contribution in [0.25, 0.3) is 0 Å². The second kappa shape index (κ2) is 8.50. The van der Waals surface area contributed by atoms with E-state index in [4.69, 9.17) is 5.11 Å². The molecular formula is C17H25N3O3. The third-order valence-electron chi connectivity index (χ3n) is 4.33. The molecule has 2 rings (SSSR count). The van der Waals surface area contributed by atoms with Crippen LogP contribution in [0.1, 0.15) is 38.2 Å². The molecule has 0 saturated carbocycles. The molecule has 1 saturated heterocycles. The molecule has 0 radical (unpaired) electrons. The number of hydrogen-bond acceptors (Lipinski definition) is 3. The molecule has 6 heteroatoms. The maximum Gasteiger partial charge on any atom is 0.317 e. The number of carbonyl (C=O) groups is 2. The Morgan fingerprint density at radius 3 is 2.61 bits per heavy atom. The van der Waals surface area contributed by atoms with Gasteiger partial charge in [0.15, 0.2) is 0 Å². The average molecular weight is 319 g/mol. The van der Waals surface area contributed by atoms with Crippen LogP contribution in [-0.4, -0.2) is 46.1 Å². The molecule has 1 aromatic rings. The minimum atomic E-state index is -0.741. The molecule has 1 unspecified atom stereocenters. The number of likely N-dealkylation sites (tertiary alicyclic amines) is 1. The Bertz CT molecular complexity index is 513. The van der Waals surface area contributed by atoms with Crippen molar-refractivity contribution in [1.82, 2.24) is 15.2 Å². The van der Waals surface area contributed by atoms with Crippen molar-refractivity contribution in [3.63, 3.8) is 0 Å². The predicted octanol–water partition coefficient (Wildman–Crippen LogP) is 2.30. The van der Waals surface area contributed by atoms with Gasteiger partial charge in [-0.2, -0.15) is 0 Å². The maximum atomic E-state index is 12.3. The summed E-state index contributed by atoms with van der Waals surface area (Å²) in [5, 5.41) is 11.8. The average Bonchev–Trinajstić information content (AvgIpc) is 2.54. The van der Waals surface area contributed by atoms with Crippen LogP contribution in [-0.2, 0) is 11.2 Å². The van der Waals surface area contributed by atoms with E-state index in [9.17, 15) is 9.59 Å². The zero-order chi connectivity index (χ0) is 16.7. The number of nitrogens with one attached hydrogen (secondary N) is 1. The number of aliphatic carboxylic acids is 1. The lowest BCUT2D eigenvalue weighted by Gasteiger charge is -2.32. The topological polar surface area (TPSA) is 82.5 Å². The Morgan fingerprint density at radius 2 is 2.00 bits per heavy atom. The molecule has 0 aliphatic carbocycles. The van der Waals surface area contributed by atoms with Crippen LogP contribution in [0.15, 0.2) is 24.5 Å². The maximum absolute atomic E-state index is 12.3. The molecule has 1 atom stereocenters. The molecule has 126 valence electrons. The number of nitrogens with zero attached hydrogens (tertiary/aromatic N) is 2. The molecule has 1 fully saturated rings. The van der Waals surface area contributed by atoms with Crippen molar-refractivity contribution in [3.05, 3.63) is 30.1 Å². The van der Waals surface area contributed by atoms with E-state index in [1.54, 1.807) is 12.4 Å². The van der Waals surface area contributed by atoms with E-state index in [1.807, 2.05) is 24.0 Å². The number of urea groups is 1. The lowest BCUT2D eigenvalue weighted by molar-refractivity contribution is -0.137. The van der Waals surface area contributed by atoms with Gasteiger partial charge in [0.1, 0.15) is 0 Å². The molecule has 0 spiro atoms. The second-order valence-electron chi connectivity index (χ2n) is 6.27. The van der Waals surface area contributed by atoms with Crippen molar-refractivity contribution in [3.8, 4) is 0 Å². The summed E-state index contributed by atoms with van der Waals surface area (Å²) in [5.41, 5.74) is 1.15. The monoisotopic (exact) mass is 319 g/mol. The van der Waals surface area contributed by atoms with Gasteiger partial charge < -0.3 is 15.3 Å². The first-order valence-electron chi connectivity index (χ1n) is 8.20. The highest BCUT2D eigenvalue weighted by Crippen LogP contribution is 2.21. The molecular weight excluding hydrogens is 294 g/mol. The van der Waals surface area contributed by atoms with E-state index in [1.165, 1.54) is 0 Å². The fourth-order valence-corrected chi connectivity index (χ4v) is 2.98. The second-order valence-corrected chi connectivity index (χ2v) is 6.27. The van der Waals surface area contributed by atoms with E-state index < -0.39 is 5.97 Å². The molecule has 23 heavy (non-hydrogen) atoms. The van der Waals surface area contributed by atoms with Gasteiger partial charge in [-0.1, -0.05) is 0 Å². The number of aromatic nitrogens is 1. The van der Waals surface area contributed by atoms with Gasteiger partial charge in [0.2, 0.25) is 0 Å². The number of carbonyl (C=O) groups excluding carboxylic acids is 1. The van der Waals surface area contributed by atoms with E-state index in [0.717, 1.165) is 24.8 Å². The normalized spacial score (nSPS) is 16.8. The quantitative estimate of drug-likeness (QED) is 0.843. The molecule has 2 heterocycles. The number of carboxylic acids is 1. The van der Waals surface area contributed by atoms with Crippen molar-refractivity contribution >= 4 is 12.0 Å². The summed E-state index contributed by atoms with van der Waals surface area (Å²) in [6.07, 6.45) is 7.00. The van der Waals surface area contributed by atoms with Crippen molar-refractivity contribution in [1.29, 1.82) is 0 Å². The van der Waals surface area contributed by atoms with Crippen LogP contribution in [0.3, 0.4) is 0 Å². The number of carboxylic acid groups (broad SMARTS) is 1. The highest BCUT2D eigenvalue weighted by molar-refractivity contribution is 5.74. The number of hydrogen-bond donors (Lipinski definition) is 2. The molecule has 1 aromatic heterocycles. The first kappa shape index (κ1) is 17.2. The van der Waals surface area contributed by atoms with E-state index in [0.29, 0.717) is 25.4 Å². The van der Waals surface area contributed by atoms with Gasteiger partial charge in [0.05, 0.1) is 0 Å². The molecule has 1 aliphatic heterocycles. The van der Waals surface area contributed by atoms with Gasteiger partial charge in [-0.15, -0.1) is 0 Å². The van der Waals surface area contributed by atoms with Gasteiger partial charge in [-0.3, -0.25) is 9.78 Å². The molecule has 2 amide bonds. The van der Waals surface area contributed by atoms with Crippen LogP contribution in [0.5, 0.6) is 0 Å². The Labute approximate surface area is 136 Å². The summed E-state index contributed by atoms with van der Waals surface area (Å²) < 4.78 is 0. The van der Waals surface area contributed by atoms with Gasteiger partial charge in [0.25, 0.3) is 0 Å². The zero-order valence-corrected chi connectivity index (χ0v) is 13.6. The van der Waals surface area contributed by atoms with Gasteiger partial charge in [-0.25, -0.2) is 4.79 Å². The molecule has 6 nitrogen and oxygen atoms in total. The van der Waals surface area contributed by atoms with Gasteiger partial charge in [0, 0.05) is 37.9 Å². The van der Waals surface area contributed by atoms with Gasteiger partial charge >= 0.3 is 12.0 Å². The molecule has 0 aromatic carbocycles. The minimum absolute atomic E-state index is 0.0248. The largest absolute Gasteiger partial charge is 0.481 e. The first-order chi connectivity index (χ1) is 11.0. The first-order valence-corrected chi connectivity index (χ1v) is 8.20.